The summed E-state index contributed by atoms with van der Waals surface area (Å²) >= 11 is 0. The van der Waals surface area contributed by atoms with Crippen molar-refractivity contribution < 1.29 is 23.7 Å². The molecule has 1 aliphatic heterocycles. The summed E-state index contributed by atoms with van der Waals surface area (Å²) in [7, 11) is 1.66. The van der Waals surface area contributed by atoms with Crippen molar-refractivity contribution in [1.82, 2.24) is 0 Å². The molecular formula is C11H22O5. The van der Waals surface area contributed by atoms with Crippen LogP contribution in [-0.2, 0) is 23.7 Å². The molecule has 1 rings (SSSR count). The molecule has 2 atom stereocenters. The molecule has 5 nitrogen and oxygen atoms in total. The summed E-state index contributed by atoms with van der Waals surface area (Å²) < 4.78 is 26.0. The van der Waals surface area contributed by atoms with E-state index in [2.05, 4.69) is 0 Å². The summed E-state index contributed by atoms with van der Waals surface area (Å²) in [6.45, 7) is 6.54. The van der Waals surface area contributed by atoms with Gasteiger partial charge in [-0.15, -0.1) is 0 Å². The average Bonchev–Trinajstić information content (AvgIpc) is 3.08. The molecule has 1 aliphatic rings. The fraction of sp³-hybridized carbons (Fsp3) is 1.00. The molecule has 0 bridgehead atoms. The minimum atomic E-state index is 0.0950. The van der Waals surface area contributed by atoms with Crippen molar-refractivity contribution in [1.29, 1.82) is 0 Å². The highest BCUT2D eigenvalue weighted by molar-refractivity contribution is 4.66. The van der Waals surface area contributed by atoms with Gasteiger partial charge in [0.15, 0.2) is 0 Å². The van der Waals surface area contributed by atoms with Crippen LogP contribution in [0.15, 0.2) is 0 Å². The summed E-state index contributed by atoms with van der Waals surface area (Å²) in [6, 6.07) is 0. The van der Waals surface area contributed by atoms with Gasteiger partial charge in [0.1, 0.15) is 6.10 Å². The molecular weight excluding hydrogens is 212 g/mol. The number of rotatable bonds is 11. The van der Waals surface area contributed by atoms with Crippen LogP contribution in [0.1, 0.15) is 6.92 Å². The SMILES string of the molecule is COCCOCC(C)OCCOCC1CO1. The van der Waals surface area contributed by atoms with Crippen LogP contribution in [0.3, 0.4) is 0 Å². The third-order valence-corrected chi connectivity index (χ3v) is 2.12. The van der Waals surface area contributed by atoms with Gasteiger partial charge in [0.2, 0.25) is 0 Å². The lowest BCUT2D eigenvalue weighted by Crippen LogP contribution is -2.20. The van der Waals surface area contributed by atoms with Crippen LogP contribution in [0.4, 0.5) is 0 Å². The fourth-order valence-corrected chi connectivity index (χ4v) is 1.13. The maximum absolute atomic E-state index is 5.49. The number of hydrogen-bond acceptors (Lipinski definition) is 5. The first-order valence-electron chi connectivity index (χ1n) is 5.70. The Labute approximate surface area is 97.0 Å². The molecule has 1 fully saturated rings. The Balaban J connectivity index is 1.75. The van der Waals surface area contributed by atoms with Crippen LogP contribution >= 0.6 is 0 Å². The Morgan fingerprint density at radius 2 is 1.94 bits per heavy atom. The smallest absolute Gasteiger partial charge is 0.104 e. The van der Waals surface area contributed by atoms with E-state index in [0.29, 0.717) is 45.7 Å². The van der Waals surface area contributed by atoms with Crippen LogP contribution in [0.25, 0.3) is 0 Å². The second-order valence-corrected chi connectivity index (χ2v) is 3.78. The quantitative estimate of drug-likeness (QED) is 0.384. The van der Waals surface area contributed by atoms with Crippen LogP contribution in [0.2, 0.25) is 0 Å². The van der Waals surface area contributed by atoms with E-state index in [1.165, 1.54) is 0 Å². The Hall–Kier alpha value is -0.200. The Morgan fingerprint density at radius 3 is 2.62 bits per heavy atom. The van der Waals surface area contributed by atoms with Gasteiger partial charge in [0, 0.05) is 7.11 Å². The third-order valence-electron chi connectivity index (χ3n) is 2.12. The van der Waals surface area contributed by atoms with E-state index in [4.69, 9.17) is 23.7 Å². The first-order valence-corrected chi connectivity index (χ1v) is 5.70. The zero-order valence-electron chi connectivity index (χ0n) is 10.1. The van der Waals surface area contributed by atoms with E-state index in [0.717, 1.165) is 6.61 Å². The zero-order valence-corrected chi connectivity index (χ0v) is 10.1. The highest BCUT2D eigenvalue weighted by atomic mass is 16.6. The van der Waals surface area contributed by atoms with Crippen molar-refractivity contribution in [2.24, 2.45) is 0 Å². The van der Waals surface area contributed by atoms with Crippen molar-refractivity contribution in [3.8, 4) is 0 Å². The normalized spacial score (nSPS) is 21.0. The second-order valence-electron chi connectivity index (χ2n) is 3.78. The number of epoxide rings is 1. The summed E-state index contributed by atoms with van der Waals surface area (Å²) in [6.07, 6.45) is 0.424. The standard InChI is InChI=1S/C11H22O5/c1-10(7-13-4-3-12-2)15-6-5-14-8-11-9-16-11/h10-11H,3-9H2,1-2H3. The first kappa shape index (κ1) is 13.9. The molecule has 1 saturated heterocycles. The minimum absolute atomic E-state index is 0.0950. The van der Waals surface area contributed by atoms with Gasteiger partial charge >= 0.3 is 0 Å². The van der Waals surface area contributed by atoms with Gasteiger partial charge in [-0.1, -0.05) is 0 Å². The van der Waals surface area contributed by atoms with Crippen molar-refractivity contribution in [3.63, 3.8) is 0 Å². The molecule has 0 aromatic rings. The molecule has 2 unspecified atom stereocenters. The maximum atomic E-state index is 5.49. The number of ether oxygens (including phenoxy) is 5. The fourth-order valence-electron chi connectivity index (χ4n) is 1.13. The van der Waals surface area contributed by atoms with E-state index < -0.39 is 0 Å². The molecule has 0 N–H and O–H groups in total. The molecule has 5 heteroatoms. The van der Waals surface area contributed by atoms with Crippen molar-refractivity contribution >= 4 is 0 Å². The van der Waals surface area contributed by atoms with Crippen LogP contribution in [0.5, 0.6) is 0 Å². The molecule has 0 saturated carbocycles. The summed E-state index contributed by atoms with van der Waals surface area (Å²) in [4.78, 5) is 0. The lowest BCUT2D eigenvalue weighted by atomic mass is 10.4. The molecule has 1 heterocycles. The molecule has 0 aliphatic carbocycles. The molecule has 0 radical (unpaired) electrons. The maximum Gasteiger partial charge on any atom is 0.104 e. The van der Waals surface area contributed by atoms with Crippen molar-refractivity contribution in [2.75, 3.05) is 53.4 Å². The van der Waals surface area contributed by atoms with E-state index in [-0.39, 0.29) is 6.10 Å². The molecule has 0 aromatic carbocycles. The van der Waals surface area contributed by atoms with E-state index in [9.17, 15) is 0 Å². The topological polar surface area (TPSA) is 49.5 Å². The van der Waals surface area contributed by atoms with Gasteiger partial charge in [-0.3, -0.25) is 0 Å². The Morgan fingerprint density at radius 1 is 1.19 bits per heavy atom. The van der Waals surface area contributed by atoms with Crippen LogP contribution < -0.4 is 0 Å². The van der Waals surface area contributed by atoms with Gasteiger partial charge in [0.25, 0.3) is 0 Å². The molecule has 16 heavy (non-hydrogen) atoms. The predicted molar refractivity (Wildman–Crippen MR) is 58.7 cm³/mol. The van der Waals surface area contributed by atoms with Gasteiger partial charge in [-0.05, 0) is 6.92 Å². The minimum Gasteiger partial charge on any atom is -0.382 e. The number of methoxy groups -OCH3 is 1. The van der Waals surface area contributed by atoms with E-state index >= 15 is 0 Å². The molecule has 0 spiro atoms. The van der Waals surface area contributed by atoms with E-state index in [1.807, 2.05) is 6.92 Å². The van der Waals surface area contributed by atoms with Gasteiger partial charge in [-0.25, -0.2) is 0 Å². The highest BCUT2D eigenvalue weighted by Crippen LogP contribution is 2.08. The van der Waals surface area contributed by atoms with Gasteiger partial charge < -0.3 is 23.7 Å². The predicted octanol–water partition coefficient (Wildman–Crippen LogP) is 0.470. The van der Waals surface area contributed by atoms with Crippen LogP contribution in [-0.4, -0.2) is 65.6 Å². The Bertz CT molecular complexity index is 160. The Kier molecular flexibility index (Phi) is 7.71. The zero-order chi connectivity index (χ0) is 11.6. The monoisotopic (exact) mass is 234 g/mol. The van der Waals surface area contributed by atoms with Crippen LogP contribution in [0, 0.1) is 0 Å². The van der Waals surface area contributed by atoms with E-state index in [1.54, 1.807) is 7.11 Å². The largest absolute Gasteiger partial charge is 0.382 e. The summed E-state index contributed by atoms with van der Waals surface area (Å²) in [5.41, 5.74) is 0. The highest BCUT2D eigenvalue weighted by Gasteiger charge is 2.21. The second kappa shape index (κ2) is 8.90. The van der Waals surface area contributed by atoms with Crippen molar-refractivity contribution in [3.05, 3.63) is 0 Å². The van der Waals surface area contributed by atoms with Gasteiger partial charge in [-0.2, -0.15) is 0 Å². The lowest BCUT2D eigenvalue weighted by molar-refractivity contribution is -0.0379. The van der Waals surface area contributed by atoms with Crippen molar-refractivity contribution in [2.45, 2.75) is 19.1 Å². The summed E-state index contributed by atoms with van der Waals surface area (Å²) in [5, 5.41) is 0. The molecule has 96 valence electrons. The summed E-state index contributed by atoms with van der Waals surface area (Å²) in [5.74, 6) is 0. The van der Waals surface area contributed by atoms with Gasteiger partial charge in [0.05, 0.1) is 52.4 Å². The first-order chi connectivity index (χ1) is 7.83. The third kappa shape index (κ3) is 8.01. The molecule has 0 amide bonds. The average molecular weight is 234 g/mol. The number of hydrogen-bond donors (Lipinski definition) is 0. The molecule has 0 aromatic heterocycles. The lowest BCUT2D eigenvalue weighted by Gasteiger charge is -2.13.